The lowest BCUT2D eigenvalue weighted by Gasteiger charge is -2.27. The third-order valence-corrected chi connectivity index (χ3v) is 6.72. The quantitative estimate of drug-likeness (QED) is 0.319. The first-order chi connectivity index (χ1) is 18.5. The predicted molar refractivity (Wildman–Crippen MR) is 146 cm³/mol. The van der Waals surface area contributed by atoms with Crippen molar-refractivity contribution in [2.24, 2.45) is 0 Å². The smallest absolute Gasteiger partial charge is 0.407 e. The van der Waals surface area contributed by atoms with Crippen LogP contribution in [0.4, 0.5) is 4.79 Å². The fraction of sp³-hybridized carbons (Fsp3) is 0.258. The molecule has 0 spiro atoms. The third kappa shape index (κ3) is 6.48. The van der Waals surface area contributed by atoms with Gasteiger partial charge in [-0.2, -0.15) is 0 Å². The molecule has 0 bridgehead atoms. The van der Waals surface area contributed by atoms with Crippen LogP contribution in [-0.2, 0) is 20.9 Å². The lowest BCUT2D eigenvalue weighted by molar-refractivity contribution is -0.139. The van der Waals surface area contributed by atoms with E-state index in [1.54, 1.807) is 6.08 Å². The van der Waals surface area contributed by atoms with Crippen LogP contribution in [-0.4, -0.2) is 47.2 Å². The van der Waals surface area contributed by atoms with Gasteiger partial charge in [-0.3, -0.25) is 9.59 Å². The maximum absolute atomic E-state index is 13.5. The second-order valence-electron chi connectivity index (χ2n) is 9.28. The molecule has 0 aromatic heterocycles. The molecule has 3 aromatic rings. The summed E-state index contributed by atoms with van der Waals surface area (Å²) >= 11 is 0. The number of carboxylic acid groups (broad SMARTS) is 1. The van der Waals surface area contributed by atoms with Crippen LogP contribution >= 0.6 is 0 Å². The molecule has 0 saturated carbocycles. The Morgan fingerprint density at radius 2 is 1.55 bits per heavy atom. The maximum Gasteiger partial charge on any atom is 0.407 e. The number of ether oxygens (including phenoxy) is 1. The average Bonchev–Trinajstić information content (AvgIpc) is 3.26. The number of fused-ring (bicyclic) bond motifs is 3. The van der Waals surface area contributed by atoms with E-state index in [0.717, 1.165) is 27.8 Å². The van der Waals surface area contributed by atoms with Gasteiger partial charge < -0.3 is 20.1 Å². The summed E-state index contributed by atoms with van der Waals surface area (Å²) in [5.41, 5.74) is 5.33. The average molecular weight is 513 g/mol. The number of aliphatic carboxylic acids is 1. The van der Waals surface area contributed by atoms with E-state index < -0.39 is 18.1 Å². The fourth-order valence-corrected chi connectivity index (χ4v) is 4.85. The van der Waals surface area contributed by atoms with Gasteiger partial charge in [0.15, 0.2) is 0 Å². The number of carbonyl (C=O) groups excluding carboxylic acids is 2. The van der Waals surface area contributed by atoms with Crippen molar-refractivity contribution in [3.63, 3.8) is 0 Å². The molecule has 4 rings (SSSR count). The first kappa shape index (κ1) is 26.7. The molecule has 0 saturated heterocycles. The Morgan fingerprint density at radius 3 is 2.16 bits per heavy atom. The summed E-state index contributed by atoms with van der Waals surface area (Å²) < 4.78 is 5.66. The highest BCUT2D eigenvalue weighted by Crippen LogP contribution is 2.44. The van der Waals surface area contributed by atoms with Crippen molar-refractivity contribution in [1.29, 1.82) is 0 Å². The van der Waals surface area contributed by atoms with E-state index in [1.165, 1.54) is 4.90 Å². The van der Waals surface area contributed by atoms with Gasteiger partial charge in [0, 0.05) is 19.0 Å². The molecule has 1 aliphatic carbocycles. The zero-order valence-corrected chi connectivity index (χ0v) is 21.2. The van der Waals surface area contributed by atoms with E-state index in [2.05, 4.69) is 24.0 Å². The first-order valence-corrected chi connectivity index (χ1v) is 12.7. The van der Waals surface area contributed by atoms with Crippen molar-refractivity contribution in [3.05, 3.63) is 108 Å². The molecule has 3 aromatic carbocycles. The number of hydrogen-bond donors (Lipinski definition) is 2. The lowest BCUT2D eigenvalue weighted by atomic mass is 9.98. The number of carboxylic acids is 1. The summed E-state index contributed by atoms with van der Waals surface area (Å²) in [6, 6.07) is 24.6. The first-order valence-electron chi connectivity index (χ1n) is 12.7. The van der Waals surface area contributed by atoms with Crippen LogP contribution in [0.25, 0.3) is 11.1 Å². The predicted octanol–water partition coefficient (Wildman–Crippen LogP) is 5.36. The Morgan fingerprint density at radius 1 is 0.947 bits per heavy atom. The topological polar surface area (TPSA) is 95.9 Å². The SMILES string of the molecule is C=CCCC(NC(=O)OCC1c2ccccc2-c2ccccc21)C(=O)N(CCC(=O)O)Cc1ccccc1. The summed E-state index contributed by atoms with van der Waals surface area (Å²) in [5.74, 6) is -1.45. The number of allylic oxidation sites excluding steroid dienone is 1. The number of amides is 2. The van der Waals surface area contributed by atoms with E-state index in [-0.39, 0.29) is 37.9 Å². The van der Waals surface area contributed by atoms with E-state index in [1.807, 2.05) is 66.7 Å². The van der Waals surface area contributed by atoms with Crippen LogP contribution < -0.4 is 5.32 Å². The summed E-state index contributed by atoms with van der Waals surface area (Å²) in [6.07, 6.45) is 1.62. The molecule has 7 nitrogen and oxygen atoms in total. The summed E-state index contributed by atoms with van der Waals surface area (Å²) in [6.45, 7) is 4.13. The van der Waals surface area contributed by atoms with Crippen molar-refractivity contribution in [2.45, 2.75) is 37.8 Å². The van der Waals surface area contributed by atoms with Gasteiger partial charge in [0.25, 0.3) is 0 Å². The fourth-order valence-electron chi connectivity index (χ4n) is 4.85. The Labute approximate surface area is 222 Å². The molecule has 2 N–H and O–H groups in total. The minimum absolute atomic E-state index is 0.0278. The Kier molecular flexibility index (Phi) is 8.93. The van der Waals surface area contributed by atoms with Crippen LogP contribution in [0.5, 0.6) is 0 Å². The monoisotopic (exact) mass is 512 g/mol. The lowest BCUT2D eigenvalue weighted by Crippen LogP contribution is -2.49. The van der Waals surface area contributed by atoms with Crippen molar-refractivity contribution >= 4 is 18.0 Å². The molecular formula is C31H32N2O5. The molecule has 38 heavy (non-hydrogen) atoms. The van der Waals surface area contributed by atoms with Gasteiger partial charge in [-0.05, 0) is 40.7 Å². The van der Waals surface area contributed by atoms with Crippen molar-refractivity contribution < 1.29 is 24.2 Å². The number of nitrogens with zero attached hydrogens (tertiary/aromatic N) is 1. The van der Waals surface area contributed by atoms with E-state index in [0.29, 0.717) is 12.8 Å². The summed E-state index contributed by atoms with van der Waals surface area (Å²) in [5, 5.41) is 11.9. The molecule has 2 amide bonds. The second-order valence-corrected chi connectivity index (χ2v) is 9.28. The highest BCUT2D eigenvalue weighted by Gasteiger charge is 2.30. The molecule has 1 atom stereocenters. The number of carbonyl (C=O) groups is 3. The van der Waals surface area contributed by atoms with Gasteiger partial charge in [-0.15, -0.1) is 6.58 Å². The van der Waals surface area contributed by atoms with Gasteiger partial charge in [0.1, 0.15) is 12.6 Å². The van der Waals surface area contributed by atoms with Crippen molar-refractivity contribution in [3.8, 4) is 11.1 Å². The standard InChI is InChI=1S/C31H32N2O5/c1-2-3-17-28(30(36)33(19-18-29(34)35)20-22-11-5-4-6-12-22)32-31(37)38-21-27-25-15-9-7-13-23(25)24-14-8-10-16-26(24)27/h2,4-16,27-28H,1,3,17-21H2,(H,32,37)(H,34,35). The summed E-state index contributed by atoms with van der Waals surface area (Å²) in [4.78, 5) is 39.2. The maximum atomic E-state index is 13.5. The second kappa shape index (κ2) is 12.7. The Hall–Kier alpha value is -4.39. The van der Waals surface area contributed by atoms with Crippen LogP contribution in [0.3, 0.4) is 0 Å². The van der Waals surface area contributed by atoms with Crippen molar-refractivity contribution in [1.82, 2.24) is 10.2 Å². The van der Waals surface area contributed by atoms with Crippen LogP contribution in [0.1, 0.15) is 41.9 Å². The highest BCUT2D eigenvalue weighted by molar-refractivity contribution is 5.86. The van der Waals surface area contributed by atoms with Gasteiger partial charge >= 0.3 is 12.1 Å². The number of hydrogen-bond acceptors (Lipinski definition) is 4. The molecule has 7 heteroatoms. The molecule has 0 radical (unpaired) electrons. The van der Waals surface area contributed by atoms with Gasteiger partial charge in [-0.1, -0.05) is 84.9 Å². The third-order valence-electron chi connectivity index (χ3n) is 6.72. The number of alkyl carbamates (subject to hydrolysis) is 1. The molecule has 1 unspecified atom stereocenters. The summed E-state index contributed by atoms with van der Waals surface area (Å²) in [7, 11) is 0. The largest absolute Gasteiger partial charge is 0.481 e. The van der Waals surface area contributed by atoms with Crippen LogP contribution in [0.15, 0.2) is 91.5 Å². The zero-order valence-electron chi connectivity index (χ0n) is 21.2. The number of nitrogens with one attached hydrogen (secondary N) is 1. The van der Waals surface area contributed by atoms with E-state index in [4.69, 9.17) is 4.74 Å². The van der Waals surface area contributed by atoms with Gasteiger partial charge in [0.05, 0.1) is 6.42 Å². The zero-order chi connectivity index (χ0) is 26.9. The van der Waals surface area contributed by atoms with Gasteiger partial charge in [-0.25, -0.2) is 4.79 Å². The normalized spacial score (nSPS) is 12.6. The molecule has 1 aliphatic rings. The van der Waals surface area contributed by atoms with E-state index >= 15 is 0 Å². The Balaban J connectivity index is 1.45. The van der Waals surface area contributed by atoms with E-state index in [9.17, 15) is 19.5 Å². The highest BCUT2D eigenvalue weighted by atomic mass is 16.5. The van der Waals surface area contributed by atoms with Crippen LogP contribution in [0.2, 0.25) is 0 Å². The number of rotatable bonds is 12. The molecule has 196 valence electrons. The van der Waals surface area contributed by atoms with Crippen LogP contribution in [0, 0.1) is 0 Å². The van der Waals surface area contributed by atoms with Crippen molar-refractivity contribution in [2.75, 3.05) is 13.2 Å². The van der Waals surface area contributed by atoms with Gasteiger partial charge in [0.2, 0.25) is 5.91 Å². The number of benzene rings is 3. The minimum atomic E-state index is -0.997. The minimum Gasteiger partial charge on any atom is -0.481 e. The molecule has 0 heterocycles. The molecular weight excluding hydrogens is 480 g/mol. The molecule has 0 aliphatic heterocycles. The molecule has 0 fully saturated rings. The Bertz CT molecular complexity index is 1240.